The van der Waals surface area contributed by atoms with Crippen LogP contribution in [-0.2, 0) is 10.0 Å². The Balaban J connectivity index is 2.04. The first-order chi connectivity index (χ1) is 8.47. The maximum absolute atomic E-state index is 12.1. The lowest BCUT2D eigenvalue weighted by molar-refractivity contribution is 0.478. The highest BCUT2D eigenvalue weighted by atomic mass is 35.5. The van der Waals surface area contributed by atoms with Gasteiger partial charge < -0.3 is 0 Å². The Hall–Kier alpha value is -0.290. The van der Waals surface area contributed by atoms with Crippen LogP contribution >= 0.6 is 23.2 Å². The molecule has 0 unspecified atom stereocenters. The number of sulfonamides is 1. The van der Waals surface area contributed by atoms with Gasteiger partial charge >= 0.3 is 0 Å². The molecule has 1 aromatic carbocycles. The van der Waals surface area contributed by atoms with E-state index in [2.05, 4.69) is 4.72 Å². The molecule has 0 heterocycles. The van der Waals surface area contributed by atoms with Crippen molar-refractivity contribution < 1.29 is 8.42 Å². The molecule has 1 N–H and O–H groups in total. The average molecular weight is 308 g/mol. The first-order valence-corrected chi connectivity index (χ1v) is 8.18. The lowest BCUT2D eigenvalue weighted by Crippen LogP contribution is -2.30. The van der Waals surface area contributed by atoms with Crippen molar-refractivity contribution in [3.63, 3.8) is 0 Å². The summed E-state index contributed by atoms with van der Waals surface area (Å²) in [5, 5.41) is 0.416. The van der Waals surface area contributed by atoms with E-state index in [1.165, 1.54) is 12.1 Å². The van der Waals surface area contributed by atoms with Crippen molar-refractivity contribution in [1.82, 2.24) is 4.72 Å². The van der Waals surface area contributed by atoms with Crippen LogP contribution in [0.4, 0.5) is 0 Å². The summed E-state index contributed by atoms with van der Waals surface area (Å²) in [5.41, 5.74) is 0.0768. The van der Waals surface area contributed by atoms with Gasteiger partial charge in [0.25, 0.3) is 0 Å². The number of halogens is 2. The fourth-order valence-electron chi connectivity index (χ4n) is 1.86. The van der Waals surface area contributed by atoms with E-state index in [-0.39, 0.29) is 10.3 Å². The molecule has 1 aromatic rings. The van der Waals surface area contributed by atoms with E-state index in [4.69, 9.17) is 23.2 Å². The van der Waals surface area contributed by atoms with Gasteiger partial charge in [0.05, 0.1) is 4.90 Å². The summed E-state index contributed by atoms with van der Waals surface area (Å²) >= 11 is 11.5. The Bertz CT molecular complexity index is 527. The minimum atomic E-state index is -3.47. The number of hydrogen-bond donors (Lipinski definition) is 1. The SMILES string of the molecule is O=S(=O)(NCC1(CCCl)CC1)c1cccc(Cl)c1. The molecule has 1 saturated carbocycles. The van der Waals surface area contributed by atoms with Gasteiger partial charge in [-0.05, 0) is 42.9 Å². The van der Waals surface area contributed by atoms with Gasteiger partial charge in [-0.15, -0.1) is 11.6 Å². The van der Waals surface area contributed by atoms with Gasteiger partial charge in [-0.1, -0.05) is 17.7 Å². The molecule has 0 bridgehead atoms. The summed E-state index contributed by atoms with van der Waals surface area (Å²) in [6, 6.07) is 6.26. The van der Waals surface area contributed by atoms with Crippen molar-refractivity contribution in [3.05, 3.63) is 29.3 Å². The van der Waals surface area contributed by atoms with Gasteiger partial charge in [0.15, 0.2) is 0 Å². The lowest BCUT2D eigenvalue weighted by Gasteiger charge is -2.14. The molecule has 0 radical (unpaired) electrons. The summed E-state index contributed by atoms with van der Waals surface area (Å²) < 4.78 is 26.8. The van der Waals surface area contributed by atoms with Crippen LogP contribution in [0.15, 0.2) is 29.2 Å². The van der Waals surface area contributed by atoms with Gasteiger partial charge in [-0.2, -0.15) is 0 Å². The van der Waals surface area contributed by atoms with E-state index in [0.29, 0.717) is 17.4 Å². The van der Waals surface area contributed by atoms with Gasteiger partial charge in [0.1, 0.15) is 0 Å². The summed E-state index contributed by atoms with van der Waals surface area (Å²) in [6.45, 7) is 0.453. The molecular formula is C12H15Cl2NO2S. The summed E-state index contributed by atoms with van der Waals surface area (Å²) in [6.07, 6.45) is 2.93. The summed E-state index contributed by atoms with van der Waals surface area (Å²) in [4.78, 5) is 0.205. The van der Waals surface area contributed by atoms with Crippen LogP contribution in [0, 0.1) is 5.41 Å². The molecule has 0 spiro atoms. The van der Waals surface area contributed by atoms with E-state index in [0.717, 1.165) is 19.3 Å². The van der Waals surface area contributed by atoms with Gasteiger partial charge in [0.2, 0.25) is 10.0 Å². The summed E-state index contributed by atoms with van der Waals surface area (Å²) in [7, 11) is -3.47. The Kier molecular flexibility index (Phi) is 4.22. The lowest BCUT2D eigenvalue weighted by atomic mass is 10.1. The van der Waals surface area contributed by atoms with Gasteiger partial charge in [0, 0.05) is 17.4 Å². The van der Waals surface area contributed by atoms with E-state index < -0.39 is 10.0 Å². The molecule has 0 atom stereocenters. The molecule has 18 heavy (non-hydrogen) atoms. The van der Waals surface area contributed by atoms with Crippen LogP contribution in [0.1, 0.15) is 19.3 Å². The van der Waals surface area contributed by atoms with Crippen molar-refractivity contribution >= 4 is 33.2 Å². The topological polar surface area (TPSA) is 46.2 Å². The van der Waals surface area contributed by atoms with Crippen LogP contribution in [0.25, 0.3) is 0 Å². The third kappa shape index (κ3) is 3.38. The van der Waals surface area contributed by atoms with E-state index >= 15 is 0 Å². The molecule has 0 aromatic heterocycles. The van der Waals surface area contributed by atoms with Gasteiger partial charge in [-0.25, -0.2) is 13.1 Å². The predicted octanol–water partition coefficient (Wildman–Crippen LogP) is 3.03. The third-order valence-corrected chi connectivity index (χ3v) is 5.15. The van der Waals surface area contributed by atoms with E-state index in [9.17, 15) is 8.42 Å². The zero-order chi connectivity index (χ0) is 13.2. The van der Waals surface area contributed by atoms with Crippen LogP contribution < -0.4 is 4.72 Å². The quantitative estimate of drug-likeness (QED) is 0.821. The molecule has 1 aliphatic carbocycles. The van der Waals surface area contributed by atoms with Crippen molar-refractivity contribution in [2.24, 2.45) is 5.41 Å². The molecule has 0 amide bonds. The van der Waals surface area contributed by atoms with E-state index in [1.807, 2.05) is 0 Å². The summed E-state index contributed by atoms with van der Waals surface area (Å²) in [5.74, 6) is 0.568. The highest BCUT2D eigenvalue weighted by Crippen LogP contribution is 2.48. The minimum absolute atomic E-state index is 0.0768. The maximum atomic E-state index is 12.1. The van der Waals surface area contributed by atoms with Crippen LogP contribution in [-0.4, -0.2) is 20.8 Å². The number of nitrogens with one attached hydrogen (secondary N) is 1. The Morgan fingerprint density at radius 1 is 1.33 bits per heavy atom. The monoisotopic (exact) mass is 307 g/mol. The Labute approximate surface area is 118 Å². The maximum Gasteiger partial charge on any atom is 0.240 e. The largest absolute Gasteiger partial charge is 0.240 e. The second kappa shape index (κ2) is 5.37. The van der Waals surface area contributed by atoms with E-state index in [1.54, 1.807) is 12.1 Å². The average Bonchev–Trinajstić information content (AvgIpc) is 3.08. The zero-order valence-electron chi connectivity index (χ0n) is 9.83. The highest BCUT2D eigenvalue weighted by Gasteiger charge is 2.42. The molecule has 1 aliphatic rings. The smallest absolute Gasteiger partial charge is 0.211 e. The Morgan fingerprint density at radius 2 is 2.06 bits per heavy atom. The number of hydrogen-bond acceptors (Lipinski definition) is 2. The highest BCUT2D eigenvalue weighted by molar-refractivity contribution is 7.89. The zero-order valence-corrected chi connectivity index (χ0v) is 12.2. The third-order valence-electron chi connectivity index (χ3n) is 3.33. The number of benzene rings is 1. The van der Waals surface area contributed by atoms with Crippen LogP contribution in [0.3, 0.4) is 0 Å². The van der Waals surface area contributed by atoms with Crippen molar-refractivity contribution in [1.29, 1.82) is 0 Å². The van der Waals surface area contributed by atoms with Crippen molar-refractivity contribution in [2.45, 2.75) is 24.2 Å². The van der Waals surface area contributed by atoms with Gasteiger partial charge in [-0.3, -0.25) is 0 Å². The second-order valence-corrected chi connectivity index (χ2v) is 7.30. The normalized spacial score (nSPS) is 17.7. The first kappa shape index (κ1) is 14.1. The molecular weight excluding hydrogens is 293 g/mol. The molecule has 100 valence electrons. The first-order valence-electron chi connectivity index (χ1n) is 5.79. The second-order valence-electron chi connectivity index (χ2n) is 4.72. The molecule has 3 nitrogen and oxygen atoms in total. The van der Waals surface area contributed by atoms with Crippen LogP contribution in [0.5, 0.6) is 0 Å². The fraction of sp³-hybridized carbons (Fsp3) is 0.500. The predicted molar refractivity (Wildman–Crippen MR) is 73.6 cm³/mol. The van der Waals surface area contributed by atoms with Crippen molar-refractivity contribution in [3.8, 4) is 0 Å². The fourth-order valence-corrected chi connectivity index (χ4v) is 3.72. The molecule has 0 saturated heterocycles. The molecule has 2 rings (SSSR count). The minimum Gasteiger partial charge on any atom is -0.211 e. The van der Waals surface area contributed by atoms with Crippen LogP contribution in [0.2, 0.25) is 5.02 Å². The standard InChI is InChI=1S/C12H15Cl2NO2S/c13-7-6-12(4-5-12)9-15-18(16,17)11-3-1-2-10(14)8-11/h1-3,8,15H,4-7,9H2. The molecule has 0 aliphatic heterocycles. The van der Waals surface area contributed by atoms with Crippen molar-refractivity contribution in [2.75, 3.05) is 12.4 Å². The number of rotatable bonds is 6. The number of alkyl halides is 1. The molecule has 6 heteroatoms. The molecule has 1 fully saturated rings. The Morgan fingerprint density at radius 3 is 2.61 bits per heavy atom.